The Morgan fingerprint density at radius 1 is 1.11 bits per heavy atom. The van der Waals surface area contributed by atoms with Gasteiger partial charge in [0.2, 0.25) is 0 Å². The van der Waals surface area contributed by atoms with E-state index < -0.39 is 18.1 Å². The number of nitrogens with one attached hydrogen (secondary N) is 1. The van der Waals surface area contributed by atoms with E-state index in [0.29, 0.717) is 0 Å². The number of rotatable bonds is 7. The molecule has 114 valence electrons. The quantitative estimate of drug-likeness (QED) is 0.598. The number of aliphatic hydroxyl groups is 2. The summed E-state index contributed by atoms with van der Waals surface area (Å²) >= 11 is 0. The van der Waals surface area contributed by atoms with Gasteiger partial charge in [-0.2, -0.15) is 0 Å². The van der Waals surface area contributed by atoms with Crippen LogP contribution in [0, 0.1) is 0 Å². The highest BCUT2D eigenvalue weighted by atomic mass is 16.3. The number of hydrogen-bond acceptors (Lipinski definition) is 5. The van der Waals surface area contributed by atoms with Gasteiger partial charge in [0.05, 0.1) is 5.66 Å². The predicted molar refractivity (Wildman–Crippen MR) is 77.6 cm³/mol. The van der Waals surface area contributed by atoms with Gasteiger partial charge in [-0.3, -0.25) is 5.32 Å². The molecule has 2 atom stereocenters. The molecule has 1 fully saturated rings. The van der Waals surface area contributed by atoms with Crippen molar-refractivity contribution in [1.82, 2.24) is 15.1 Å². The second-order valence-corrected chi connectivity index (χ2v) is 6.06. The minimum atomic E-state index is -0.683. The van der Waals surface area contributed by atoms with Crippen molar-refractivity contribution in [2.45, 2.75) is 65.1 Å². The van der Waals surface area contributed by atoms with E-state index in [1.807, 2.05) is 13.8 Å². The first kappa shape index (κ1) is 16.9. The third-order valence-corrected chi connectivity index (χ3v) is 3.88. The van der Waals surface area contributed by atoms with Crippen LogP contribution in [0.25, 0.3) is 0 Å². The van der Waals surface area contributed by atoms with Crippen molar-refractivity contribution < 1.29 is 10.2 Å². The van der Waals surface area contributed by atoms with Gasteiger partial charge in [-0.25, -0.2) is 4.90 Å². The highest BCUT2D eigenvalue weighted by molar-refractivity contribution is 4.81. The molecule has 0 aromatic heterocycles. The van der Waals surface area contributed by atoms with Gasteiger partial charge in [-0.1, -0.05) is 6.42 Å². The Kier molecular flexibility index (Phi) is 6.69. The summed E-state index contributed by atoms with van der Waals surface area (Å²) in [5.74, 6) is 0. The van der Waals surface area contributed by atoms with Crippen LogP contribution in [0.5, 0.6) is 0 Å². The molecule has 0 radical (unpaired) electrons. The third kappa shape index (κ3) is 5.36. The van der Waals surface area contributed by atoms with Crippen molar-refractivity contribution in [2.75, 3.05) is 26.2 Å². The SMILES string of the molecule is CC(O)N(C(C)O)C(C)(C)NCCN1CCCCC1. The van der Waals surface area contributed by atoms with Crippen molar-refractivity contribution in [3.63, 3.8) is 0 Å². The molecule has 2 unspecified atom stereocenters. The zero-order valence-corrected chi connectivity index (χ0v) is 12.9. The van der Waals surface area contributed by atoms with Gasteiger partial charge in [0.25, 0.3) is 0 Å². The monoisotopic (exact) mass is 273 g/mol. The second kappa shape index (κ2) is 7.55. The van der Waals surface area contributed by atoms with Gasteiger partial charge < -0.3 is 15.1 Å². The average molecular weight is 273 g/mol. The van der Waals surface area contributed by atoms with Gasteiger partial charge in [0.1, 0.15) is 12.5 Å². The Morgan fingerprint density at radius 3 is 2.11 bits per heavy atom. The van der Waals surface area contributed by atoms with Crippen LogP contribution in [0.2, 0.25) is 0 Å². The van der Waals surface area contributed by atoms with Crippen LogP contribution in [0.1, 0.15) is 47.0 Å². The summed E-state index contributed by atoms with van der Waals surface area (Å²) in [6.07, 6.45) is 2.59. The van der Waals surface area contributed by atoms with E-state index in [1.165, 1.54) is 32.4 Å². The molecule has 0 saturated carbocycles. The van der Waals surface area contributed by atoms with Gasteiger partial charge >= 0.3 is 0 Å². The maximum Gasteiger partial charge on any atom is 0.107 e. The Balaban J connectivity index is 2.39. The summed E-state index contributed by atoms with van der Waals surface area (Å²) in [4.78, 5) is 4.14. The van der Waals surface area contributed by atoms with E-state index in [9.17, 15) is 10.2 Å². The molecule has 3 N–H and O–H groups in total. The Morgan fingerprint density at radius 2 is 1.63 bits per heavy atom. The molecule has 0 bridgehead atoms. The lowest BCUT2D eigenvalue weighted by Crippen LogP contribution is -2.61. The van der Waals surface area contributed by atoms with Crippen LogP contribution in [-0.2, 0) is 0 Å². The van der Waals surface area contributed by atoms with E-state index in [0.717, 1.165) is 13.1 Å². The topological polar surface area (TPSA) is 59.0 Å². The molecule has 0 aromatic carbocycles. The lowest BCUT2D eigenvalue weighted by molar-refractivity contribution is -0.145. The van der Waals surface area contributed by atoms with E-state index in [-0.39, 0.29) is 0 Å². The van der Waals surface area contributed by atoms with Crippen LogP contribution in [0.15, 0.2) is 0 Å². The van der Waals surface area contributed by atoms with E-state index in [4.69, 9.17) is 0 Å². The molecule has 0 aromatic rings. The van der Waals surface area contributed by atoms with Gasteiger partial charge in [0, 0.05) is 13.1 Å². The molecular weight excluding hydrogens is 242 g/mol. The van der Waals surface area contributed by atoms with Gasteiger partial charge in [-0.05, 0) is 53.6 Å². The Bertz CT molecular complexity index is 243. The first-order valence-corrected chi connectivity index (χ1v) is 7.46. The molecule has 1 rings (SSSR count). The average Bonchev–Trinajstić information content (AvgIpc) is 2.28. The summed E-state index contributed by atoms with van der Waals surface area (Å²) in [6, 6.07) is 0. The number of piperidine rings is 1. The van der Waals surface area contributed by atoms with Gasteiger partial charge in [0.15, 0.2) is 0 Å². The highest BCUT2D eigenvalue weighted by Crippen LogP contribution is 2.16. The lowest BCUT2D eigenvalue weighted by Gasteiger charge is -2.43. The van der Waals surface area contributed by atoms with Crippen molar-refractivity contribution in [1.29, 1.82) is 0 Å². The van der Waals surface area contributed by atoms with Crippen LogP contribution in [0.3, 0.4) is 0 Å². The molecule has 5 nitrogen and oxygen atoms in total. The van der Waals surface area contributed by atoms with Crippen molar-refractivity contribution >= 4 is 0 Å². The summed E-state index contributed by atoms with van der Waals surface area (Å²) in [5, 5.41) is 23.0. The summed E-state index contributed by atoms with van der Waals surface area (Å²) < 4.78 is 0. The first-order chi connectivity index (χ1) is 8.84. The summed E-state index contributed by atoms with van der Waals surface area (Å²) in [5.41, 5.74) is -0.432. The van der Waals surface area contributed by atoms with Crippen LogP contribution in [0.4, 0.5) is 0 Å². The number of nitrogens with zero attached hydrogens (tertiary/aromatic N) is 2. The molecule has 1 heterocycles. The maximum absolute atomic E-state index is 9.78. The normalized spacial score (nSPS) is 21.6. The van der Waals surface area contributed by atoms with Crippen molar-refractivity contribution in [2.24, 2.45) is 0 Å². The molecule has 0 spiro atoms. The zero-order chi connectivity index (χ0) is 14.5. The van der Waals surface area contributed by atoms with Crippen LogP contribution < -0.4 is 5.32 Å². The number of aliphatic hydroxyl groups excluding tert-OH is 2. The number of hydrogen-bond donors (Lipinski definition) is 3. The van der Waals surface area contributed by atoms with Crippen molar-refractivity contribution in [3.05, 3.63) is 0 Å². The van der Waals surface area contributed by atoms with E-state index >= 15 is 0 Å². The standard InChI is InChI=1S/C14H31N3O2/c1-12(18)17(13(2)19)14(3,4)15-8-11-16-9-6-5-7-10-16/h12-13,15,18-19H,5-11H2,1-4H3. The summed E-state index contributed by atoms with van der Waals surface area (Å²) in [7, 11) is 0. The molecule has 0 amide bonds. The molecule has 19 heavy (non-hydrogen) atoms. The van der Waals surface area contributed by atoms with Crippen molar-refractivity contribution in [3.8, 4) is 0 Å². The molecular formula is C14H31N3O2. The van der Waals surface area contributed by atoms with Crippen LogP contribution >= 0.6 is 0 Å². The fourth-order valence-electron chi connectivity index (χ4n) is 3.04. The Hall–Kier alpha value is -0.200. The maximum atomic E-state index is 9.78. The molecule has 1 aliphatic rings. The lowest BCUT2D eigenvalue weighted by atomic mass is 10.1. The Labute approximate surface area is 117 Å². The largest absolute Gasteiger partial charge is 0.379 e. The predicted octanol–water partition coefficient (Wildman–Crippen LogP) is 0.777. The van der Waals surface area contributed by atoms with Crippen LogP contribution in [-0.4, -0.2) is 64.3 Å². The molecule has 0 aliphatic carbocycles. The molecule has 1 aliphatic heterocycles. The number of likely N-dealkylation sites (tertiary alicyclic amines) is 1. The molecule has 5 heteroatoms. The minimum absolute atomic E-state index is 0.432. The smallest absolute Gasteiger partial charge is 0.107 e. The van der Waals surface area contributed by atoms with E-state index in [2.05, 4.69) is 10.2 Å². The highest BCUT2D eigenvalue weighted by Gasteiger charge is 2.32. The fourth-order valence-corrected chi connectivity index (χ4v) is 3.04. The third-order valence-electron chi connectivity index (χ3n) is 3.88. The second-order valence-electron chi connectivity index (χ2n) is 6.06. The van der Waals surface area contributed by atoms with E-state index in [1.54, 1.807) is 18.7 Å². The molecule has 1 saturated heterocycles. The first-order valence-electron chi connectivity index (χ1n) is 7.46. The zero-order valence-electron chi connectivity index (χ0n) is 12.9. The van der Waals surface area contributed by atoms with Gasteiger partial charge in [-0.15, -0.1) is 0 Å². The minimum Gasteiger partial charge on any atom is -0.379 e. The summed E-state index contributed by atoms with van der Waals surface area (Å²) in [6.45, 7) is 11.6. The fraction of sp³-hybridized carbons (Fsp3) is 1.00.